The molecule has 2 rings (SSSR count). The first-order valence-corrected chi connectivity index (χ1v) is 7.20. The standard InChI is InChI=1S/C9H7NS3/c11-13(12)9-6-2-1-4-8(9)5-3-7-10-13/h1-7H. The van der Waals surface area contributed by atoms with Crippen molar-refractivity contribution in [3.63, 3.8) is 0 Å². The molecule has 1 aliphatic heterocycles. The molecule has 0 atom stereocenters. The zero-order valence-electron chi connectivity index (χ0n) is 6.71. The minimum atomic E-state index is -1.80. The lowest BCUT2D eigenvalue weighted by atomic mass is 10.2. The lowest BCUT2D eigenvalue weighted by molar-refractivity contribution is 1.42. The van der Waals surface area contributed by atoms with Crippen LogP contribution in [0.5, 0.6) is 0 Å². The normalized spacial score (nSPS) is 17.8. The van der Waals surface area contributed by atoms with Crippen molar-refractivity contribution in [2.45, 2.75) is 4.90 Å². The number of nitrogens with zero attached hydrogens (tertiary/aromatic N) is 1. The van der Waals surface area contributed by atoms with Crippen LogP contribution in [-0.4, -0.2) is 6.21 Å². The highest BCUT2D eigenvalue weighted by Crippen LogP contribution is 2.21. The largest absolute Gasteiger partial charge is 0.214 e. The predicted molar refractivity (Wildman–Crippen MR) is 64.3 cm³/mol. The SMILES string of the molecule is S=S1(=S)N=CC=Cc2ccccc21. The molecular formula is C9H7NS3. The Bertz CT molecular complexity index is 483. The molecule has 0 unspecified atom stereocenters. The summed E-state index contributed by atoms with van der Waals surface area (Å²) in [6.07, 6.45) is 5.58. The molecule has 66 valence electrons. The van der Waals surface area contributed by atoms with E-state index in [1.165, 1.54) is 0 Å². The third-order valence-corrected chi connectivity index (χ3v) is 4.68. The predicted octanol–water partition coefficient (Wildman–Crippen LogP) is 2.14. The van der Waals surface area contributed by atoms with Gasteiger partial charge in [0.05, 0.1) is 0 Å². The molecule has 1 aliphatic rings. The first-order chi connectivity index (χ1) is 6.20. The number of benzene rings is 1. The minimum Gasteiger partial charge on any atom is -0.214 e. The second-order valence-electron chi connectivity index (χ2n) is 2.63. The van der Waals surface area contributed by atoms with Crippen molar-refractivity contribution in [3.8, 4) is 0 Å². The van der Waals surface area contributed by atoms with Gasteiger partial charge in [0.25, 0.3) is 0 Å². The van der Waals surface area contributed by atoms with E-state index >= 15 is 0 Å². The number of rotatable bonds is 0. The summed E-state index contributed by atoms with van der Waals surface area (Å²) >= 11 is 10.6. The molecule has 4 heteroatoms. The van der Waals surface area contributed by atoms with Gasteiger partial charge in [-0.25, -0.2) is 4.40 Å². The van der Waals surface area contributed by atoms with E-state index in [-0.39, 0.29) is 0 Å². The molecule has 1 aromatic rings. The molecule has 1 heterocycles. The number of hydrogen-bond donors (Lipinski definition) is 0. The molecule has 0 fully saturated rings. The van der Waals surface area contributed by atoms with Crippen molar-refractivity contribution in [1.29, 1.82) is 0 Å². The average molecular weight is 225 g/mol. The van der Waals surface area contributed by atoms with Crippen LogP contribution in [0.15, 0.2) is 39.6 Å². The van der Waals surface area contributed by atoms with E-state index in [0.717, 1.165) is 10.5 Å². The Morgan fingerprint density at radius 1 is 1.15 bits per heavy atom. The molecule has 0 aliphatic carbocycles. The Morgan fingerprint density at radius 3 is 2.77 bits per heavy atom. The fraction of sp³-hybridized carbons (Fsp3) is 0. The highest BCUT2D eigenvalue weighted by atomic mass is 33.1. The van der Waals surface area contributed by atoms with Crippen LogP contribution in [0.3, 0.4) is 0 Å². The summed E-state index contributed by atoms with van der Waals surface area (Å²) in [5.41, 5.74) is 1.10. The Kier molecular flexibility index (Phi) is 2.27. The van der Waals surface area contributed by atoms with Crippen LogP contribution in [0.2, 0.25) is 0 Å². The van der Waals surface area contributed by atoms with Crippen LogP contribution in [0.25, 0.3) is 6.08 Å². The molecule has 0 spiro atoms. The topological polar surface area (TPSA) is 12.4 Å². The maximum atomic E-state index is 5.30. The maximum Gasteiger partial charge on any atom is 0.0433 e. The molecule has 0 amide bonds. The third-order valence-electron chi connectivity index (χ3n) is 1.76. The Balaban J connectivity index is 2.79. The maximum absolute atomic E-state index is 5.30. The van der Waals surface area contributed by atoms with Gasteiger partial charge in [-0.15, -0.1) is 0 Å². The Morgan fingerprint density at radius 2 is 1.92 bits per heavy atom. The smallest absolute Gasteiger partial charge is 0.0433 e. The van der Waals surface area contributed by atoms with Gasteiger partial charge in [-0.05, 0) is 40.1 Å². The van der Waals surface area contributed by atoms with Gasteiger partial charge in [-0.2, -0.15) is 0 Å². The number of hydrogen-bond acceptors (Lipinski definition) is 2. The van der Waals surface area contributed by atoms with E-state index in [1.807, 2.05) is 36.4 Å². The van der Waals surface area contributed by atoms with Gasteiger partial charge in [0.2, 0.25) is 0 Å². The fourth-order valence-electron chi connectivity index (χ4n) is 1.17. The van der Waals surface area contributed by atoms with Crippen molar-refractivity contribution in [2.24, 2.45) is 4.40 Å². The van der Waals surface area contributed by atoms with Crippen LogP contribution in [0, 0.1) is 0 Å². The summed E-state index contributed by atoms with van der Waals surface area (Å²) in [6, 6.07) is 7.92. The van der Waals surface area contributed by atoms with Crippen LogP contribution in [-0.2, 0) is 29.7 Å². The molecule has 0 bridgehead atoms. The van der Waals surface area contributed by atoms with Gasteiger partial charge in [-0.1, -0.05) is 24.3 Å². The van der Waals surface area contributed by atoms with E-state index in [4.69, 9.17) is 22.4 Å². The van der Waals surface area contributed by atoms with Crippen LogP contribution in [0.4, 0.5) is 0 Å². The second kappa shape index (κ2) is 3.29. The van der Waals surface area contributed by atoms with Gasteiger partial charge >= 0.3 is 0 Å². The van der Waals surface area contributed by atoms with Gasteiger partial charge in [0.1, 0.15) is 0 Å². The zero-order chi connectivity index (χ0) is 9.31. The van der Waals surface area contributed by atoms with E-state index in [2.05, 4.69) is 4.40 Å². The second-order valence-corrected chi connectivity index (χ2v) is 7.75. The fourth-order valence-corrected chi connectivity index (χ4v) is 3.41. The molecule has 0 aromatic heterocycles. The lowest BCUT2D eigenvalue weighted by Gasteiger charge is -2.05. The van der Waals surface area contributed by atoms with E-state index in [9.17, 15) is 0 Å². The average Bonchev–Trinajstić information content (AvgIpc) is 2.26. The van der Waals surface area contributed by atoms with Crippen molar-refractivity contribution >= 4 is 42.0 Å². The summed E-state index contributed by atoms with van der Waals surface area (Å²) in [5.74, 6) is 0. The molecule has 1 nitrogen and oxygen atoms in total. The Hall–Kier alpha value is -0.580. The van der Waals surface area contributed by atoms with E-state index < -0.39 is 7.33 Å². The van der Waals surface area contributed by atoms with Crippen molar-refractivity contribution < 1.29 is 0 Å². The van der Waals surface area contributed by atoms with Crippen LogP contribution >= 0.6 is 0 Å². The quantitative estimate of drug-likeness (QED) is 0.670. The third kappa shape index (κ3) is 1.70. The molecule has 13 heavy (non-hydrogen) atoms. The van der Waals surface area contributed by atoms with Crippen LogP contribution < -0.4 is 0 Å². The monoisotopic (exact) mass is 225 g/mol. The van der Waals surface area contributed by atoms with Gasteiger partial charge in [0, 0.05) is 18.4 Å². The molecule has 0 radical (unpaired) electrons. The molecule has 1 aromatic carbocycles. The summed E-state index contributed by atoms with van der Waals surface area (Å²) < 4.78 is 4.20. The van der Waals surface area contributed by atoms with Gasteiger partial charge in [0.15, 0.2) is 0 Å². The van der Waals surface area contributed by atoms with E-state index in [1.54, 1.807) is 6.21 Å². The summed E-state index contributed by atoms with van der Waals surface area (Å²) in [7, 11) is -1.80. The van der Waals surface area contributed by atoms with Gasteiger partial charge < -0.3 is 0 Å². The van der Waals surface area contributed by atoms with Crippen molar-refractivity contribution in [1.82, 2.24) is 0 Å². The highest BCUT2D eigenvalue weighted by molar-refractivity contribution is 8.55. The molecular weight excluding hydrogens is 218 g/mol. The summed E-state index contributed by atoms with van der Waals surface area (Å²) in [6.45, 7) is 0. The van der Waals surface area contributed by atoms with Crippen molar-refractivity contribution in [3.05, 3.63) is 35.9 Å². The zero-order valence-corrected chi connectivity index (χ0v) is 9.16. The van der Waals surface area contributed by atoms with Gasteiger partial charge in [-0.3, -0.25) is 0 Å². The number of fused-ring (bicyclic) bond motifs is 1. The Labute approximate surface area is 87.1 Å². The molecule has 0 N–H and O–H groups in total. The number of allylic oxidation sites excluding steroid dienone is 1. The molecule has 0 saturated heterocycles. The molecule has 0 saturated carbocycles. The minimum absolute atomic E-state index is 1.00. The van der Waals surface area contributed by atoms with E-state index in [0.29, 0.717) is 0 Å². The first-order valence-electron chi connectivity index (χ1n) is 3.76. The lowest BCUT2D eigenvalue weighted by Crippen LogP contribution is -1.94. The summed E-state index contributed by atoms with van der Waals surface area (Å²) in [5, 5.41) is 0. The first kappa shape index (κ1) is 8.99. The summed E-state index contributed by atoms with van der Waals surface area (Å²) in [4.78, 5) is 1.00. The van der Waals surface area contributed by atoms with Crippen LogP contribution in [0.1, 0.15) is 5.56 Å². The van der Waals surface area contributed by atoms with Crippen molar-refractivity contribution in [2.75, 3.05) is 0 Å². The highest BCUT2D eigenvalue weighted by Gasteiger charge is 2.08.